The summed E-state index contributed by atoms with van der Waals surface area (Å²) in [5, 5.41) is 0. The lowest BCUT2D eigenvalue weighted by molar-refractivity contribution is 1.01. The maximum absolute atomic E-state index is 4.68. The van der Waals surface area contributed by atoms with E-state index in [1.165, 1.54) is 22.4 Å². The van der Waals surface area contributed by atoms with E-state index in [4.69, 9.17) is 0 Å². The maximum atomic E-state index is 4.68. The molecule has 2 aromatic rings. The molecule has 0 spiro atoms. The molecule has 0 atom stereocenters. The molecule has 1 aliphatic rings. The van der Waals surface area contributed by atoms with Crippen LogP contribution in [0.4, 0.5) is 5.69 Å². The average molecular weight is 250 g/mol. The van der Waals surface area contributed by atoms with Gasteiger partial charge < -0.3 is 4.90 Å². The van der Waals surface area contributed by atoms with E-state index < -0.39 is 0 Å². The second-order valence-corrected chi connectivity index (χ2v) is 5.01. The molecule has 0 saturated carbocycles. The number of nitrogens with zero attached hydrogens (tertiary/aromatic N) is 2. The van der Waals surface area contributed by atoms with Crippen LogP contribution in [-0.2, 0) is 0 Å². The number of rotatable bonds is 2. The zero-order chi connectivity index (χ0) is 13.2. The first-order chi connectivity index (χ1) is 9.25. The molecule has 0 amide bonds. The van der Waals surface area contributed by atoms with Crippen LogP contribution in [0.15, 0.2) is 53.5 Å². The number of aryl methyl sites for hydroxylation is 2. The van der Waals surface area contributed by atoms with Crippen LogP contribution in [0.5, 0.6) is 0 Å². The van der Waals surface area contributed by atoms with Crippen molar-refractivity contribution in [1.82, 2.24) is 0 Å². The Balaban J connectivity index is 2.02. The Labute approximate surface area is 114 Å². The molecule has 0 unspecified atom stereocenters. The summed E-state index contributed by atoms with van der Waals surface area (Å²) in [5.41, 5.74) is 5.07. The van der Waals surface area contributed by atoms with Gasteiger partial charge in [-0.3, -0.25) is 4.99 Å². The van der Waals surface area contributed by atoms with Crippen molar-refractivity contribution in [1.29, 1.82) is 0 Å². The summed E-state index contributed by atoms with van der Waals surface area (Å²) in [5.74, 6) is 1.09. The van der Waals surface area contributed by atoms with Crippen molar-refractivity contribution < 1.29 is 0 Å². The number of hydrogen-bond donors (Lipinski definition) is 0. The zero-order valence-electron chi connectivity index (χ0n) is 11.4. The lowest BCUT2D eigenvalue weighted by Gasteiger charge is -2.23. The Hall–Kier alpha value is -2.09. The molecule has 0 radical (unpaired) electrons. The Morgan fingerprint density at radius 2 is 1.79 bits per heavy atom. The molecule has 96 valence electrons. The van der Waals surface area contributed by atoms with Crippen LogP contribution in [0.1, 0.15) is 16.7 Å². The van der Waals surface area contributed by atoms with Gasteiger partial charge in [-0.1, -0.05) is 42.5 Å². The molecular formula is C17H18N2. The summed E-state index contributed by atoms with van der Waals surface area (Å²) in [7, 11) is 0. The van der Waals surface area contributed by atoms with E-state index in [0.29, 0.717) is 0 Å². The fraction of sp³-hybridized carbons (Fsp3) is 0.235. The summed E-state index contributed by atoms with van der Waals surface area (Å²) in [6.07, 6.45) is 0. The van der Waals surface area contributed by atoms with Crippen molar-refractivity contribution >= 4 is 11.5 Å². The third-order valence-corrected chi connectivity index (χ3v) is 3.53. The summed E-state index contributed by atoms with van der Waals surface area (Å²) < 4.78 is 0. The first kappa shape index (κ1) is 12.0. The molecule has 0 aliphatic carbocycles. The number of anilines is 1. The predicted molar refractivity (Wildman–Crippen MR) is 81.1 cm³/mol. The minimum atomic E-state index is 0.873. The third-order valence-electron chi connectivity index (χ3n) is 3.53. The molecule has 0 aromatic heterocycles. The van der Waals surface area contributed by atoms with Crippen molar-refractivity contribution in [3.05, 3.63) is 65.2 Å². The van der Waals surface area contributed by atoms with Crippen molar-refractivity contribution in [2.45, 2.75) is 13.8 Å². The van der Waals surface area contributed by atoms with E-state index >= 15 is 0 Å². The number of amidine groups is 1. The van der Waals surface area contributed by atoms with Gasteiger partial charge in [-0.15, -0.1) is 0 Å². The highest BCUT2D eigenvalue weighted by atomic mass is 15.2. The quantitative estimate of drug-likeness (QED) is 0.795. The molecule has 2 heteroatoms. The first-order valence-corrected chi connectivity index (χ1v) is 6.70. The highest BCUT2D eigenvalue weighted by Crippen LogP contribution is 2.25. The largest absolute Gasteiger partial charge is 0.324 e. The molecule has 1 heterocycles. The molecule has 0 N–H and O–H groups in total. The van der Waals surface area contributed by atoms with E-state index in [-0.39, 0.29) is 0 Å². The van der Waals surface area contributed by atoms with Gasteiger partial charge >= 0.3 is 0 Å². The second kappa shape index (κ2) is 4.88. The highest BCUT2D eigenvalue weighted by molar-refractivity contribution is 6.11. The summed E-state index contributed by atoms with van der Waals surface area (Å²) in [6, 6.07) is 17.0. The van der Waals surface area contributed by atoms with E-state index in [0.717, 1.165) is 18.9 Å². The molecule has 3 rings (SSSR count). The van der Waals surface area contributed by atoms with Crippen molar-refractivity contribution in [3.63, 3.8) is 0 Å². The van der Waals surface area contributed by atoms with Gasteiger partial charge in [-0.2, -0.15) is 0 Å². The highest BCUT2D eigenvalue weighted by Gasteiger charge is 2.21. The van der Waals surface area contributed by atoms with Gasteiger partial charge in [0.25, 0.3) is 0 Å². The molecule has 0 fully saturated rings. The number of aliphatic imine (C=N–C) groups is 1. The van der Waals surface area contributed by atoms with Gasteiger partial charge in [-0.05, 0) is 31.0 Å². The Kier molecular flexibility index (Phi) is 3.08. The second-order valence-electron chi connectivity index (χ2n) is 5.01. The fourth-order valence-corrected chi connectivity index (χ4v) is 2.53. The number of benzene rings is 2. The normalized spacial score (nSPS) is 14.6. The van der Waals surface area contributed by atoms with Crippen LogP contribution in [0.25, 0.3) is 0 Å². The molecule has 2 nitrogen and oxygen atoms in total. The van der Waals surface area contributed by atoms with Gasteiger partial charge in [-0.25, -0.2) is 0 Å². The van der Waals surface area contributed by atoms with E-state index in [2.05, 4.69) is 66.2 Å². The lowest BCUT2D eigenvalue weighted by Crippen LogP contribution is -2.28. The van der Waals surface area contributed by atoms with Crippen molar-refractivity contribution in [3.8, 4) is 0 Å². The van der Waals surface area contributed by atoms with Crippen LogP contribution in [0.2, 0.25) is 0 Å². The summed E-state index contributed by atoms with van der Waals surface area (Å²) in [6.45, 7) is 6.14. The third kappa shape index (κ3) is 2.26. The van der Waals surface area contributed by atoms with Gasteiger partial charge in [0.05, 0.1) is 6.54 Å². The van der Waals surface area contributed by atoms with Gasteiger partial charge in [0, 0.05) is 17.8 Å². The molecule has 0 saturated heterocycles. The van der Waals surface area contributed by atoms with Gasteiger partial charge in [0.1, 0.15) is 5.84 Å². The standard InChI is InChI=1S/C17H18N2/c1-13-8-9-14(2)16(12-13)19-11-10-18-17(19)15-6-4-3-5-7-15/h3-9,12H,10-11H2,1-2H3. The Morgan fingerprint density at radius 3 is 2.58 bits per heavy atom. The topological polar surface area (TPSA) is 15.6 Å². The predicted octanol–water partition coefficient (Wildman–Crippen LogP) is 3.57. The first-order valence-electron chi connectivity index (χ1n) is 6.70. The summed E-state index contributed by atoms with van der Waals surface area (Å²) >= 11 is 0. The fourth-order valence-electron chi connectivity index (χ4n) is 2.53. The molecule has 0 bridgehead atoms. The van der Waals surface area contributed by atoms with Gasteiger partial charge in [0.2, 0.25) is 0 Å². The molecular weight excluding hydrogens is 232 g/mol. The van der Waals surface area contributed by atoms with Crippen LogP contribution >= 0.6 is 0 Å². The van der Waals surface area contributed by atoms with Crippen molar-refractivity contribution in [2.24, 2.45) is 4.99 Å². The molecule has 2 aromatic carbocycles. The zero-order valence-corrected chi connectivity index (χ0v) is 11.4. The molecule has 19 heavy (non-hydrogen) atoms. The Morgan fingerprint density at radius 1 is 1.00 bits per heavy atom. The SMILES string of the molecule is Cc1ccc(C)c(N2CCN=C2c2ccccc2)c1. The van der Waals surface area contributed by atoms with E-state index in [1.54, 1.807) is 0 Å². The number of hydrogen-bond acceptors (Lipinski definition) is 2. The lowest BCUT2D eigenvalue weighted by atomic mass is 10.1. The smallest absolute Gasteiger partial charge is 0.135 e. The minimum absolute atomic E-state index is 0.873. The molecule has 1 aliphatic heterocycles. The average Bonchev–Trinajstić information content (AvgIpc) is 2.91. The maximum Gasteiger partial charge on any atom is 0.135 e. The van der Waals surface area contributed by atoms with Crippen LogP contribution in [-0.4, -0.2) is 18.9 Å². The summed E-state index contributed by atoms with van der Waals surface area (Å²) in [4.78, 5) is 7.01. The van der Waals surface area contributed by atoms with Crippen molar-refractivity contribution in [2.75, 3.05) is 18.0 Å². The van der Waals surface area contributed by atoms with Crippen LogP contribution in [0, 0.1) is 13.8 Å². The Bertz CT molecular complexity index is 614. The van der Waals surface area contributed by atoms with Crippen LogP contribution < -0.4 is 4.90 Å². The van der Waals surface area contributed by atoms with Gasteiger partial charge in [0.15, 0.2) is 0 Å². The minimum Gasteiger partial charge on any atom is -0.324 e. The van der Waals surface area contributed by atoms with E-state index in [9.17, 15) is 0 Å². The van der Waals surface area contributed by atoms with E-state index in [1.807, 2.05) is 6.07 Å². The monoisotopic (exact) mass is 250 g/mol. The van der Waals surface area contributed by atoms with Crippen LogP contribution in [0.3, 0.4) is 0 Å².